The number of carbonyl (C=O) groups is 1. The first-order valence-corrected chi connectivity index (χ1v) is 12.9. The first-order valence-electron chi connectivity index (χ1n) is 12.9. The first kappa shape index (κ1) is 28.8. The van der Waals surface area contributed by atoms with Gasteiger partial charge in [0.25, 0.3) is 0 Å². The second-order valence-electron chi connectivity index (χ2n) is 9.25. The highest BCUT2D eigenvalue weighted by atomic mass is 19.4. The Kier molecular flexibility index (Phi) is 8.88. The fourth-order valence-corrected chi connectivity index (χ4v) is 4.40. The van der Waals surface area contributed by atoms with Gasteiger partial charge in [0.05, 0.1) is 35.5 Å². The lowest BCUT2D eigenvalue weighted by Gasteiger charge is -2.15. The van der Waals surface area contributed by atoms with E-state index in [1.54, 1.807) is 38.1 Å². The molecule has 2 heterocycles. The summed E-state index contributed by atoms with van der Waals surface area (Å²) in [7, 11) is 5.30. The van der Waals surface area contributed by atoms with Gasteiger partial charge in [0.1, 0.15) is 5.75 Å². The Hall–Kier alpha value is -4.19. The molecule has 0 bridgehead atoms. The van der Waals surface area contributed by atoms with Crippen molar-refractivity contribution in [1.29, 1.82) is 0 Å². The molecule has 4 aromatic rings. The van der Waals surface area contributed by atoms with Crippen molar-refractivity contribution in [3.63, 3.8) is 0 Å². The van der Waals surface area contributed by atoms with Crippen LogP contribution in [0.2, 0.25) is 0 Å². The van der Waals surface area contributed by atoms with Crippen molar-refractivity contribution in [2.24, 2.45) is 7.05 Å². The summed E-state index contributed by atoms with van der Waals surface area (Å²) in [6.45, 7) is 2.81. The molecule has 0 atom stereocenters. The van der Waals surface area contributed by atoms with E-state index in [4.69, 9.17) is 4.74 Å². The van der Waals surface area contributed by atoms with E-state index in [0.29, 0.717) is 24.6 Å². The molecule has 212 valence electrons. The van der Waals surface area contributed by atoms with Gasteiger partial charge < -0.3 is 20.7 Å². The number of hydrogen-bond donors (Lipinski definition) is 3. The number of nitrogens with zero attached hydrogens (tertiary/aromatic N) is 4. The number of alkyl halides is 3. The molecule has 0 unspecified atom stereocenters. The number of nitrogens with one attached hydrogen (secondary N) is 3. The normalized spacial score (nSPS) is 11.6. The molecular weight excluding hydrogens is 523 g/mol. The zero-order valence-corrected chi connectivity index (χ0v) is 22.8. The Morgan fingerprint density at radius 3 is 2.62 bits per heavy atom. The molecule has 0 spiro atoms. The SMILES string of the molecule is CCc1cc(-c2cc(CC(=O)Nc3ccc(OCCCNC)c(C(F)(F)F)c3)nn2C)cc2cnc(NC)nc12. The number of rotatable bonds is 11. The summed E-state index contributed by atoms with van der Waals surface area (Å²) in [6, 6.07) is 9.31. The van der Waals surface area contributed by atoms with Crippen molar-refractivity contribution in [1.82, 2.24) is 25.1 Å². The molecule has 0 aliphatic heterocycles. The molecule has 0 saturated carbocycles. The monoisotopic (exact) mass is 555 g/mol. The molecule has 0 saturated heterocycles. The number of carbonyl (C=O) groups excluding carboxylic acids is 1. The maximum absolute atomic E-state index is 13.7. The molecule has 0 aliphatic carbocycles. The summed E-state index contributed by atoms with van der Waals surface area (Å²) < 4.78 is 48.0. The molecular formula is C28H32F3N7O2. The predicted molar refractivity (Wildman–Crippen MR) is 148 cm³/mol. The van der Waals surface area contributed by atoms with Gasteiger partial charge in [-0.2, -0.15) is 18.3 Å². The van der Waals surface area contributed by atoms with E-state index in [1.807, 2.05) is 19.1 Å². The van der Waals surface area contributed by atoms with E-state index < -0.39 is 17.6 Å². The smallest absolute Gasteiger partial charge is 0.420 e. The summed E-state index contributed by atoms with van der Waals surface area (Å²) in [5.74, 6) is -0.218. The van der Waals surface area contributed by atoms with E-state index in [-0.39, 0.29) is 24.5 Å². The molecule has 2 aromatic carbocycles. The van der Waals surface area contributed by atoms with Gasteiger partial charge in [-0.15, -0.1) is 0 Å². The van der Waals surface area contributed by atoms with E-state index in [0.717, 1.165) is 40.2 Å². The minimum atomic E-state index is -4.63. The topological polar surface area (TPSA) is 106 Å². The van der Waals surface area contributed by atoms with Gasteiger partial charge in [0, 0.05) is 36.9 Å². The lowest BCUT2D eigenvalue weighted by molar-refractivity contribution is -0.139. The van der Waals surface area contributed by atoms with Crippen LogP contribution in [-0.4, -0.2) is 52.9 Å². The number of aromatic nitrogens is 4. The zero-order valence-electron chi connectivity index (χ0n) is 22.8. The Morgan fingerprint density at radius 1 is 1.12 bits per heavy atom. The highest BCUT2D eigenvalue weighted by Crippen LogP contribution is 2.38. The van der Waals surface area contributed by atoms with Crippen LogP contribution in [0.1, 0.15) is 30.2 Å². The number of fused-ring (bicyclic) bond motifs is 1. The van der Waals surface area contributed by atoms with Crippen molar-refractivity contribution in [2.45, 2.75) is 32.4 Å². The third-order valence-electron chi connectivity index (χ3n) is 6.33. The zero-order chi connectivity index (χ0) is 28.9. The first-order chi connectivity index (χ1) is 19.1. The van der Waals surface area contributed by atoms with Crippen molar-refractivity contribution in [3.8, 4) is 17.0 Å². The summed E-state index contributed by atoms with van der Waals surface area (Å²) in [4.78, 5) is 21.7. The number of hydrogen-bond acceptors (Lipinski definition) is 7. The molecule has 9 nitrogen and oxygen atoms in total. The van der Waals surface area contributed by atoms with Gasteiger partial charge in [-0.3, -0.25) is 9.48 Å². The largest absolute Gasteiger partial charge is 0.493 e. The maximum Gasteiger partial charge on any atom is 0.420 e. The second-order valence-corrected chi connectivity index (χ2v) is 9.25. The highest BCUT2D eigenvalue weighted by molar-refractivity contribution is 5.92. The lowest BCUT2D eigenvalue weighted by Crippen LogP contribution is -2.17. The molecule has 40 heavy (non-hydrogen) atoms. The number of benzene rings is 2. The third-order valence-corrected chi connectivity index (χ3v) is 6.33. The van der Waals surface area contributed by atoms with E-state index in [9.17, 15) is 18.0 Å². The quantitative estimate of drug-likeness (QED) is 0.228. The minimum Gasteiger partial charge on any atom is -0.493 e. The van der Waals surface area contributed by atoms with Gasteiger partial charge in [-0.05, 0) is 68.4 Å². The van der Waals surface area contributed by atoms with Crippen LogP contribution >= 0.6 is 0 Å². The summed E-state index contributed by atoms with van der Waals surface area (Å²) in [5, 5.41) is 13.8. The lowest BCUT2D eigenvalue weighted by atomic mass is 10.0. The van der Waals surface area contributed by atoms with Crippen molar-refractivity contribution >= 4 is 28.4 Å². The van der Waals surface area contributed by atoms with Crippen molar-refractivity contribution in [3.05, 3.63) is 59.4 Å². The molecule has 0 fully saturated rings. The van der Waals surface area contributed by atoms with Crippen LogP contribution in [0.15, 0.2) is 42.6 Å². The Bertz CT molecular complexity index is 1500. The molecule has 0 aliphatic rings. The van der Waals surface area contributed by atoms with Gasteiger partial charge in [-0.25, -0.2) is 9.97 Å². The van der Waals surface area contributed by atoms with Crippen molar-refractivity contribution in [2.75, 3.05) is 37.9 Å². The second kappa shape index (κ2) is 12.3. The summed E-state index contributed by atoms with van der Waals surface area (Å²) in [5.41, 5.74) is 3.16. The Morgan fingerprint density at radius 2 is 1.93 bits per heavy atom. The Balaban J connectivity index is 1.51. The van der Waals surface area contributed by atoms with E-state index in [1.165, 1.54) is 12.1 Å². The third kappa shape index (κ3) is 6.68. The molecule has 0 radical (unpaired) electrons. The van der Waals surface area contributed by atoms with Crippen LogP contribution in [-0.2, 0) is 30.9 Å². The van der Waals surface area contributed by atoms with Gasteiger partial charge >= 0.3 is 6.18 Å². The van der Waals surface area contributed by atoms with Gasteiger partial charge in [0.15, 0.2) is 0 Å². The van der Waals surface area contributed by atoms with Crippen LogP contribution in [0.5, 0.6) is 5.75 Å². The van der Waals surface area contributed by atoms with Crippen LogP contribution in [0.4, 0.5) is 24.8 Å². The number of anilines is 2. The minimum absolute atomic E-state index is 0.0270. The fraction of sp³-hybridized carbons (Fsp3) is 0.357. The van der Waals surface area contributed by atoms with Crippen LogP contribution in [0.25, 0.3) is 22.2 Å². The number of ether oxygens (including phenoxy) is 1. The van der Waals surface area contributed by atoms with Crippen molar-refractivity contribution < 1.29 is 22.7 Å². The molecule has 12 heteroatoms. The molecule has 1 amide bonds. The summed E-state index contributed by atoms with van der Waals surface area (Å²) >= 11 is 0. The maximum atomic E-state index is 13.7. The Labute approximate surface area is 230 Å². The average molecular weight is 556 g/mol. The fourth-order valence-electron chi connectivity index (χ4n) is 4.40. The van der Waals surface area contributed by atoms with Gasteiger partial charge in [-0.1, -0.05) is 6.92 Å². The summed E-state index contributed by atoms with van der Waals surface area (Å²) in [6.07, 6.45) is -1.67. The number of aryl methyl sites for hydroxylation is 2. The average Bonchev–Trinajstić information content (AvgIpc) is 3.29. The van der Waals surface area contributed by atoms with E-state index >= 15 is 0 Å². The highest BCUT2D eigenvalue weighted by Gasteiger charge is 2.35. The van der Waals surface area contributed by atoms with Gasteiger partial charge in [0.2, 0.25) is 11.9 Å². The van der Waals surface area contributed by atoms with Crippen LogP contribution in [0, 0.1) is 0 Å². The predicted octanol–water partition coefficient (Wildman–Crippen LogP) is 4.82. The van der Waals surface area contributed by atoms with Crippen LogP contribution < -0.4 is 20.7 Å². The standard InChI is InChI=1S/C28H32F3N7O2/c1-5-17-11-18(12-19-16-34-27(33-3)36-26(17)19)23-14-21(37-38(23)4)15-25(39)35-20-7-8-24(40-10-6-9-32-2)22(13-20)28(29,30)31/h7-8,11-14,16,32H,5-6,9-10,15H2,1-4H3,(H,35,39)(H,33,34,36). The number of amides is 1. The molecule has 4 rings (SSSR count). The molecule has 3 N–H and O–H groups in total. The van der Waals surface area contributed by atoms with Crippen LogP contribution in [0.3, 0.4) is 0 Å². The number of halogens is 3. The van der Waals surface area contributed by atoms with E-state index in [2.05, 4.69) is 31.0 Å². The molecule has 2 aromatic heterocycles.